The van der Waals surface area contributed by atoms with Gasteiger partial charge in [-0.2, -0.15) is 5.10 Å². The maximum Gasteiger partial charge on any atom is 0.357 e. The highest BCUT2D eigenvalue weighted by atomic mass is 16.4. The van der Waals surface area contributed by atoms with Crippen molar-refractivity contribution in [2.75, 3.05) is 13.1 Å². The summed E-state index contributed by atoms with van der Waals surface area (Å²) >= 11 is 0. The van der Waals surface area contributed by atoms with E-state index in [1.54, 1.807) is 11.9 Å². The number of rotatable bonds is 2. The Kier molecular flexibility index (Phi) is 3.59. The van der Waals surface area contributed by atoms with Gasteiger partial charge in [-0.15, -0.1) is 0 Å². The topological polar surface area (TPSA) is 75.4 Å². The Morgan fingerprint density at radius 2 is 1.89 bits per heavy atom. The molecule has 0 aromatic carbocycles. The molecule has 1 fully saturated rings. The van der Waals surface area contributed by atoms with Gasteiger partial charge in [-0.05, 0) is 18.3 Å². The van der Waals surface area contributed by atoms with Gasteiger partial charge in [0.2, 0.25) is 0 Å². The number of aromatic nitrogens is 2. The highest BCUT2D eigenvalue weighted by Crippen LogP contribution is 2.23. The molecular weight excluding hydrogens is 246 g/mol. The van der Waals surface area contributed by atoms with Crippen molar-refractivity contribution < 1.29 is 14.7 Å². The first-order valence-corrected chi connectivity index (χ1v) is 6.44. The number of carboxylic acids is 1. The van der Waals surface area contributed by atoms with Gasteiger partial charge in [-0.25, -0.2) is 4.79 Å². The largest absolute Gasteiger partial charge is 0.476 e. The number of hydrogen-bond donors (Lipinski definition) is 1. The van der Waals surface area contributed by atoms with Crippen LogP contribution in [0.15, 0.2) is 6.20 Å². The molecule has 104 valence electrons. The van der Waals surface area contributed by atoms with Crippen LogP contribution in [-0.4, -0.2) is 44.8 Å². The van der Waals surface area contributed by atoms with E-state index < -0.39 is 5.97 Å². The van der Waals surface area contributed by atoms with Gasteiger partial charge in [-0.1, -0.05) is 13.8 Å². The van der Waals surface area contributed by atoms with Gasteiger partial charge < -0.3 is 10.0 Å². The van der Waals surface area contributed by atoms with Crippen LogP contribution in [0.2, 0.25) is 0 Å². The van der Waals surface area contributed by atoms with Crippen LogP contribution in [0.5, 0.6) is 0 Å². The lowest BCUT2D eigenvalue weighted by molar-refractivity contribution is 0.0604. The Bertz CT molecular complexity index is 499. The molecule has 1 aliphatic heterocycles. The molecule has 0 spiro atoms. The van der Waals surface area contributed by atoms with Crippen LogP contribution in [0.3, 0.4) is 0 Å². The van der Waals surface area contributed by atoms with Gasteiger partial charge in [0.25, 0.3) is 5.91 Å². The van der Waals surface area contributed by atoms with Crippen molar-refractivity contribution in [1.82, 2.24) is 14.7 Å². The van der Waals surface area contributed by atoms with Crippen molar-refractivity contribution in [3.05, 3.63) is 17.5 Å². The van der Waals surface area contributed by atoms with Crippen LogP contribution in [0.1, 0.15) is 41.1 Å². The summed E-state index contributed by atoms with van der Waals surface area (Å²) in [4.78, 5) is 25.3. The SMILES string of the molecule is CC1CC(C)CN(C(=O)c2cn(C)nc2C(=O)O)C1. The molecule has 0 bridgehead atoms. The van der Waals surface area contributed by atoms with E-state index >= 15 is 0 Å². The predicted octanol–water partition coefficient (Wildman–Crippen LogP) is 1.24. The third-order valence-corrected chi connectivity index (χ3v) is 3.42. The fourth-order valence-corrected chi connectivity index (χ4v) is 2.80. The first kappa shape index (κ1) is 13.6. The van der Waals surface area contributed by atoms with Crippen LogP contribution >= 0.6 is 0 Å². The summed E-state index contributed by atoms with van der Waals surface area (Å²) < 4.78 is 1.37. The molecule has 1 amide bonds. The van der Waals surface area contributed by atoms with Gasteiger partial charge in [0.1, 0.15) is 0 Å². The molecule has 0 aliphatic carbocycles. The molecular formula is C13H19N3O3. The second kappa shape index (κ2) is 5.03. The van der Waals surface area contributed by atoms with E-state index in [9.17, 15) is 9.59 Å². The zero-order chi connectivity index (χ0) is 14.2. The minimum Gasteiger partial charge on any atom is -0.476 e. The average molecular weight is 265 g/mol. The normalized spacial score (nSPS) is 23.4. The number of carbonyl (C=O) groups excluding carboxylic acids is 1. The molecule has 0 radical (unpaired) electrons. The van der Waals surface area contributed by atoms with Gasteiger partial charge in [0.15, 0.2) is 5.69 Å². The minimum absolute atomic E-state index is 0.168. The summed E-state index contributed by atoms with van der Waals surface area (Å²) in [7, 11) is 1.62. The monoisotopic (exact) mass is 265 g/mol. The number of hydrogen-bond acceptors (Lipinski definition) is 3. The number of piperidine rings is 1. The van der Waals surface area contributed by atoms with E-state index in [-0.39, 0.29) is 17.2 Å². The maximum absolute atomic E-state index is 12.4. The number of likely N-dealkylation sites (tertiary alicyclic amines) is 1. The van der Waals surface area contributed by atoms with Crippen molar-refractivity contribution in [3.63, 3.8) is 0 Å². The van der Waals surface area contributed by atoms with Gasteiger partial charge in [-0.3, -0.25) is 9.48 Å². The number of aryl methyl sites for hydroxylation is 1. The summed E-state index contributed by atoms with van der Waals surface area (Å²) in [5, 5.41) is 12.9. The number of nitrogens with zero attached hydrogens (tertiary/aromatic N) is 3. The molecule has 6 nitrogen and oxygen atoms in total. The fourth-order valence-electron chi connectivity index (χ4n) is 2.80. The van der Waals surface area contributed by atoms with Crippen molar-refractivity contribution in [3.8, 4) is 0 Å². The van der Waals surface area contributed by atoms with Crippen molar-refractivity contribution in [1.29, 1.82) is 0 Å². The molecule has 1 saturated heterocycles. The predicted molar refractivity (Wildman–Crippen MR) is 69.0 cm³/mol. The molecule has 1 aromatic rings. The zero-order valence-electron chi connectivity index (χ0n) is 11.5. The number of amides is 1. The highest BCUT2D eigenvalue weighted by Gasteiger charge is 2.30. The molecule has 2 heterocycles. The lowest BCUT2D eigenvalue weighted by atomic mass is 9.91. The van der Waals surface area contributed by atoms with E-state index in [0.717, 1.165) is 6.42 Å². The van der Waals surface area contributed by atoms with Gasteiger partial charge >= 0.3 is 5.97 Å². The Morgan fingerprint density at radius 3 is 2.42 bits per heavy atom. The third kappa shape index (κ3) is 2.77. The van der Waals surface area contributed by atoms with Crippen molar-refractivity contribution >= 4 is 11.9 Å². The molecule has 2 rings (SSSR count). The molecule has 1 aliphatic rings. The standard InChI is InChI=1S/C13H19N3O3/c1-8-4-9(2)6-16(5-8)12(17)10-7-15(3)14-11(10)13(18)19/h7-9H,4-6H2,1-3H3,(H,18,19). The van der Waals surface area contributed by atoms with Crippen molar-refractivity contribution in [2.24, 2.45) is 18.9 Å². The summed E-state index contributed by atoms with van der Waals surface area (Å²) in [6, 6.07) is 0. The highest BCUT2D eigenvalue weighted by molar-refractivity contribution is 6.03. The van der Waals surface area contributed by atoms with E-state index in [4.69, 9.17) is 5.11 Å². The fraction of sp³-hybridized carbons (Fsp3) is 0.615. The molecule has 0 saturated carbocycles. The van der Waals surface area contributed by atoms with E-state index in [1.807, 2.05) is 0 Å². The summed E-state index contributed by atoms with van der Waals surface area (Å²) in [5.74, 6) is -0.513. The molecule has 2 unspecified atom stereocenters. The summed E-state index contributed by atoms with van der Waals surface area (Å²) in [6.07, 6.45) is 2.58. The second-order valence-electron chi connectivity index (χ2n) is 5.53. The van der Waals surface area contributed by atoms with Crippen LogP contribution in [0.25, 0.3) is 0 Å². The smallest absolute Gasteiger partial charge is 0.357 e. The Labute approximate surface area is 112 Å². The minimum atomic E-state index is -1.16. The molecule has 19 heavy (non-hydrogen) atoms. The van der Waals surface area contributed by atoms with E-state index in [1.165, 1.54) is 10.9 Å². The van der Waals surface area contributed by atoms with E-state index in [2.05, 4.69) is 18.9 Å². The summed E-state index contributed by atoms with van der Waals surface area (Å²) in [5.41, 5.74) is 0.00896. The third-order valence-electron chi connectivity index (χ3n) is 3.42. The van der Waals surface area contributed by atoms with Gasteiger partial charge in [0.05, 0.1) is 5.56 Å². The molecule has 6 heteroatoms. The van der Waals surface area contributed by atoms with Crippen molar-refractivity contribution in [2.45, 2.75) is 20.3 Å². The molecule has 1 N–H and O–H groups in total. The lowest BCUT2D eigenvalue weighted by Crippen LogP contribution is -2.42. The van der Waals surface area contributed by atoms with Crippen LogP contribution in [-0.2, 0) is 7.05 Å². The van der Waals surface area contributed by atoms with Crippen LogP contribution < -0.4 is 0 Å². The first-order valence-electron chi connectivity index (χ1n) is 6.44. The Morgan fingerprint density at radius 1 is 1.32 bits per heavy atom. The number of aromatic carboxylic acids is 1. The number of carboxylic acid groups (broad SMARTS) is 1. The second-order valence-corrected chi connectivity index (χ2v) is 5.53. The lowest BCUT2D eigenvalue weighted by Gasteiger charge is -2.34. The van der Waals surface area contributed by atoms with Crippen LogP contribution in [0, 0.1) is 11.8 Å². The molecule has 2 atom stereocenters. The van der Waals surface area contributed by atoms with Crippen LogP contribution in [0.4, 0.5) is 0 Å². The Balaban J connectivity index is 2.26. The molecule has 1 aromatic heterocycles. The van der Waals surface area contributed by atoms with E-state index in [0.29, 0.717) is 24.9 Å². The average Bonchev–Trinajstić information content (AvgIpc) is 2.69. The quantitative estimate of drug-likeness (QED) is 0.872. The first-order chi connectivity index (χ1) is 8.88. The maximum atomic E-state index is 12.4. The van der Waals surface area contributed by atoms with Gasteiger partial charge in [0, 0.05) is 26.3 Å². The summed E-state index contributed by atoms with van der Waals surface area (Å²) in [6.45, 7) is 5.57. The zero-order valence-corrected chi connectivity index (χ0v) is 11.5. The Hall–Kier alpha value is -1.85. The number of carbonyl (C=O) groups is 2.